The predicted octanol–water partition coefficient (Wildman–Crippen LogP) is 3.16. The van der Waals surface area contributed by atoms with E-state index in [0.717, 1.165) is 0 Å². The highest BCUT2D eigenvalue weighted by Gasteiger charge is 2.19. The van der Waals surface area contributed by atoms with Gasteiger partial charge < -0.3 is 0 Å². The minimum absolute atomic E-state index is 0.0000662. The Labute approximate surface area is 199 Å². The lowest BCUT2D eigenvalue weighted by Gasteiger charge is -2.11. The van der Waals surface area contributed by atoms with Crippen LogP contribution in [0.4, 0.5) is 0 Å². The third-order valence-corrected chi connectivity index (χ3v) is 6.73. The summed E-state index contributed by atoms with van der Waals surface area (Å²) >= 11 is 0. The minimum atomic E-state index is -3.89. The molecule has 0 radical (unpaired) electrons. The Morgan fingerprint density at radius 3 is 1.41 bits per heavy atom. The van der Waals surface area contributed by atoms with Gasteiger partial charge in [-0.1, -0.05) is 24.3 Å². The SMILES string of the molecule is CC(C)=NNS(=O)(=O)c1cccc(-c2nccnc2-c2cccc(S(=O)(=O)NN=C(C)C)c2)c1. The first kappa shape index (κ1) is 25.0. The minimum Gasteiger partial charge on any atom is -0.252 e. The number of hydrogen-bond acceptors (Lipinski definition) is 8. The van der Waals surface area contributed by atoms with E-state index in [9.17, 15) is 16.8 Å². The number of aromatic nitrogens is 2. The third-order valence-electron chi connectivity index (χ3n) is 4.31. The molecule has 0 fully saturated rings. The van der Waals surface area contributed by atoms with Gasteiger partial charge >= 0.3 is 0 Å². The maximum atomic E-state index is 12.6. The maximum Gasteiger partial charge on any atom is 0.276 e. The predicted molar refractivity (Wildman–Crippen MR) is 131 cm³/mol. The first-order chi connectivity index (χ1) is 16.0. The summed E-state index contributed by atoms with van der Waals surface area (Å²) < 4.78 is 50.4. The van der Waals surface area contributed by atoms with E-state index < -0.39 is 20.0 Å². The van der Waals surface area contributed by atoms with Crippen molar-refractivity contribution in [2.24, 2.45) is 10.2 Å². The first-order valence-corrected chi connectivity index (χ1v) is 13.0. The van der Waals surface area contributed by atoms with E-state index >= 15 is 0 Å². The van der Waals surface area contributed by atoms with E-state index in [1.54, 1.807) is 52.0 Å². The lowest BCUT2D eigenvalue weighted by atomic mass is 10.0. The number of hydrazone groups is 2. The smallest absolute Gasteiger partial charge is 0.252 e. The van der Waals surface area contributed by atoms with Crippen molar-refractivity contribution in [3.8, 4) is 22.5 Å². The van der Waals surface area contributed by atoms with Crippen molar-refractivity contribution in [2.45, 2.75) is 37.5 Å². The second kappa shape index (κ2) is 10.1. The lowest BCUT2D eigenvalue weighted by molar-refractivity contribution is 0.582. The van der Waals surface area contributed by atoms with Gasteiger partial charge in [0.15, 0.2) is 0 Å². The highest BCUT2D eigenvalue weighted by molar-refractivity contribution is 7.89. The molecule has 3 rings (SSSR count). The van der Waals surface area contributed by atoms with E-state index in [4.69, 9.17) is 0 Å². The Hall–Kier alpha value is -3.64. The Kier molecular flexibility index (Phi) is 7.42. The van der Waals surface area contributed by atoms with Crippen molar-refractivity contribution in [2.75, 3.05) is 0 Å². The summed E-state index contributed by atoms with van der Waals surface area (Å²) in [4.78, 5) is 13.1. The number of hydrogen-bond donors (Lipinski definition) is 2. The van der Waals surface area contributed by atoms with Crippen LogP contribution in [0.5, 0.6) is 0 Å². The molecular formula is C22H24N6O4S2. The molecule has 0 unspecified atom stereocenters. The molecule has 178 valence electrons. The van der Waals surface area contributed by atoms with E-state index in [1.165, 1.54) is 36.7 Å². The summed E-state index contributed by atoms with van der Waals surface area (Å²) in [7, 11) is -7.78. The Balaban J connectivity index is 2.07. The summed E-state index contributed by atoms with van der Waals surface area (Å²) in [5.74, 6) is 0. The molecule has 2 N–H and O–H groups in total. The van der Waals surface area contributed by atoms with Gasteiger partial charge in [-0.25, -0.2) is 9.66 Å². The second-order valence-electron chi connectivity index (χ2n) is 7.62. The zero-order valence-electron chi connectivity index (χ0n) is 19.0. The lowest BCUT2D eigenvalue weighted by Crippen LogP contribution is -2.19. The fourth-order valence-corrected chi connectivity index (χ4v) is 4.69. The van der Waals surface area contributed by atoms with Crippen LogP contribution in [-0.2, 0) is 20.0 Å². The standard InChI is InChI=1S/C22H24N6O4S2/c1-15(2)25-27-33(29,30)19-9-5-7-17(13-19)21-22(24-12-11-23-21)18-8-6-10-20(14-18)34(31,32)28-26-16(3)4/h5-14,27-28H,1-4H3. The zero-order chi connectivity index (χ0) is 24.9. The van der Waals surface area contributed by atoms with Gasteiger partial charge in [0, 0.05) is 34.9 Å². The summed E-state index contributed by atoms with van der Waals surface area (Å²) in [5.41, 5.74) is 2.86. The van der Waals surface area contributed by atoms with Crippen LogP contribution in [0.25, 0.3) is 22.5 Å². The van der Waals surface area contributed by atoms with Crippen molar-refractivity contribution in [3.63, 3.8) is 0 Å². The van der Waals surface area contributed by atoms with Gasteiger partial charge in [0.05, 0.1) is 21.2 Å². The fraction of sp³-hybridized carbons (Fsp3) is 0.182. The second-order valence-corrected chi connectivity index (χ2v) is 10.9. The summed E-state index contributed by atoms with van der Waals surface area (Å²) in [5, 5.41) is 7.55. The van der Waals surface area contributed by atoms with Crippen LogP contribution < -0.4 is 9.66 Å². The molecule has 34 heavy (non-hydrogen) atoms. The van der Waals surface area contributed by atoms with Gasteiger partial charge in [-0.05, 0) is 52.0 Å². The van der Waals surface area contributed by atoms with Crippen molar-refractivity contribution in [3.05, 3.63) is 60.9 Å². The maximum absolute atomic E-state index is 12.6. The average molecular weight is 501 g/mol. The van der Waals surface area contributed by atoms with Crippen LogP contribution >= 0.6 is 0 Å². The van der Waals surface area contributed by atoms with Gasteiger partial charge in [0.2, 0.25) is 0 Å². The third kappa shape index (κ3) is 6.02. The van der Waals surface area contributed by atoms with Crippen LogP contribution in [0.2, 0.25) is 0 Å². The normalized spacial score (nSPS) is 11.4. The van der Waals surface area contributed by atoms with Crippen molar-refractivity contribution in [1.29, 1.82) is 0 Å². The van der Waals surface area contributed by atoms with Gasteiger partial charge in [0.1, 0.15) is 0 Å². The number of rotatable bonds is 8. The van der Waals surface area contributed by atoms with Crippen molar-refractivity contribution in [1.82, 2.24) is 19.6 Å². The van der Waals surface area contributed by atoms with Crippen LogP contribution in [0, 0.1) is 0 Å². The summed E-state index contributed by atoms with van der Waals surface area (Å²) in [6.07, 6.45) is 2.95. The molecule has 0 amide bonds. The molecule has 1 aromatic heterocycles. The monoisotopic (exact) mass is 500 g/mol. The molecule has 0 spiro atoms. The average Bonchev–Trinajstić information content (AvgIpc) is 2.82. The molecule has 0 saturated carbocycles. The van der Waals surface area contributed by atoms with Crippen LogP contribution in [0.1, 0.15) is 27.7 Å². The van der Waals surface area contributed by atoms with Gasteiger partial charge in [0.25, 0.3) is 20.0 Å². The molecule has 0 saturated heterocycles. The highest BCUT2D eigenvalue weighted by atomic mass is 32.2. The summed E-state index contributed by atoms with van der Waals surface area (Å²) in [6.45, 7) is 6.68. The largest absolute Gasteiger partial charge is 0.276 e. The highest BCUT2D eigenvalue weighted by Crippen LogP contribution is 2.30. The molecule has 0 atom stereocenters. The Morgan fingerprint density at radius 2 is 1.06 bits per heavy atom. The Morgan fingerprint density at radius 1 is 0.676 bits per heavy atom. The first-order valence-electron chi connectivity index (χ1n) is 10.1. The molecule has 1 heterocycles. The molecule has 10 nitrogen and oxygen atoms in total. The van der Waals surface area contributed by atoms with Gasteiger partial charge in [-0.15, -0.1) is 0 Å². The van der Waals surface area contributed by atoms with E-state index in [-0.39, 0.29) is 9.79 Å². The molecular weight excluding hydrogens is 476 g/mol. The van der Waals surface area contributed by atoms with Crippen LogP contribution in [0.15, 0.2) is 80.9 Å². The van der Waals surface area contributed by atoms with E-state index in [1.807, 2.05) is 0 Å². The Bertz CT molecular complexity index is 1360. The van der Waals surface area contributed by atoms with Crippen molar-refractivity contribution < 1.29 is 16.8 Å². The van der Waals surface area contributed by atoms with Crippen molar-refractivity contribution >= 4 is 31.5 Å². The number of benzene rings is 2. The van der Waals surface area contributed by atoms with Crippen LogP contribution in [0.3, 0.4) is 0 Å². The van der Waals surface area contributed by atoms with Crippen LogP contribution in [-0.4, -0.2) is 38.2 Å². The fourth-order valence-electron chi connectivity index (χ4n) is 2.79. The molecule has 0 aliphatic rings. The number of nitrogens with zero attached hydrogens (tertiary/aromatic N) is 4. The molecule has 0 bridgehead atoms. The topological polar surface area (TPSA) is 143 Å². The molecule has 2 aromatic carbocycles. The quantitative estimate of drug-likeness (QED) is 0.359. The molecule has 3 aromatic rings. The number of nitrogens with one attached hydrogen (secondary N) is 2. The summed E-state index contributed by atoms with van der Waals surface area (Å²) in [6, 6.07) is 12.4. The molecule has 0 aliphatic carbocycles. The number of sulfonamides is 2. The molecule has 12 heteroatoms. The van der Waals surface area contributed by atoms with E-state index in [2.05, 4.69) is 29.8 Å². The van der Waals surface area contributed by atoms with E-state index in [0.29, 0.717) is 33.9 Å². The molecule has 0 aliphatic heterocycles. The van der Waals surface area contributed by atoms with Gasteiger partial charge in [-0.2, -0.15) is 27.0 Å². The zero-order valence-corrected chi connectivity index (χ0v) is 20.6. The van der Waals surface area contributed by atoms with Gasteiger partial charge in [-0.3, -0.25) is 9.97 Å².